The molecule has 1 aliphatic rings. The second-order valence-corrected chi connectivity index (χ2v) is 6.34. The third-order valence-corrected chi connectivity index (χ3v) is 4.22. The van der Waals surface area contributed by atoms with Crippen molar-refractivity contribution in [1.29, 1.82) is 0 Å². The Bertz CT molecular complexity index is 423. The van der Waals surface area contributed by atoms with E-state index in [2.05, 4.69) is 52.1 Å². The summed E-state index contributed by atoms with van der Waals surface area (Å²) in [6.45, 7) is 7.80. The predicted octanol–water partition coefficient (Wildman–Crippen LogP) is 3.28. The van der Waals surface area contributed by atoms with E-state index in [1.807, 2.05) is 6.07 Å². The predicted molar refractivity (Wildman–Crippen MR) is 84.2 cm³/mol. The number of methoxy groups -OCH3 is 1. The minimum Gasteiger partial charge on any atom is -0.496 e. The number of anilines is 1. The van der Waals surface area contributed by atoms with Crippen molar-refractivity contribution >= 4 is 21.6 Å². The van der Waals surface area contributed by atoms with Gasteiger partial charge in [0.2, 0.25) is 0 Å². The molecule has 1 saturated heterocycles. The van der Waals surface area contributed by atoms with Gasteiger partial charge in [-0.25, -0.2) is 0 Å². The van der Waals surface area contributed by atoms with E-state index in [1.165, 1.54) is 12.1 Å². The number of nitrogens with one attached hydrogen (secondary N) is 1. The molecule has 0 spiro atoms. The Kier molecular flexibility index (Phi) is 5.11. The lowest BCUT2D eigenvalue weighted by atomic mass is 10.1. The van der Waals surface area contributed by atoms with Gasteiger partial charge < -0.3 is 15.0 Å². The van der Waals surface area contributed by atoms with Gasteiger partial charge in [0, 0.05) is 24.8 Å². The number of hydrogen-bond donors (Lipinski definition) is 1. The molecule has 0 radical (unpaired) electrons. The minimum absolute atomic E-state index is 0.573. The van der Waals surface area contributed by atoms with Crippen LogP contribution in [0.25, 0.3) is 0 Å². The Hall–Kier alpha value is -0.740. The molecule has 1 heterocycles. The lowest BCUT2D eigenvalue weighted by Crippen LogP contribution is -2.30. The van der Waals surface area contributed by atoms with Gasteiger partial charge >= 0.3 is 0 Å². The maximum atomic E-state index is 5.27. The molecule has 0 amide bonds. The maximum absolute atomic E-state index is 5.27. The first-order valence-corrected chi connectivity index (χ1v) is 7.71. The van der Waals surface area contributed by atoms with Gasteiger partial charge in [-0.1, -0.05) is 13.8 Å². The van der Waals surface area contributed by atoms with Crippen LogP contribution < -0.4 is 15.0 Å². The third-order valence-electron chi connectivity index (χ3n) is 3.60. The van der Waals surface area contributed by atoms with Crippen molar-refractivity contribution < 1.29 is 4.74 Å². The summed E-state index contributed by atoms with van der Waals surface area (Å²) in [5.74, 6) is 1.64. The topological polar surface area (TPSA) is 24.5 Å². The van der Waals surface area contributed by atoms with Crippen LogP contribution in [0.3, 0.4) is 0 Å². The normalized spacial score (nSPS) is 19.2. The third kappa shape index (κ3) is 3.86. The molecule has 1 fully saturated rings. The number of hydrogen-bond acceptors (Lipinski definition) is 3. The second kappa shape index (κ2) is 6.62. The van der Waals surface area contributed by atoms with Gasteiger partial charge in [0.05, 0.1) is 11.6 Å². The summed E-state index contributed by atoms with van der Waals surface area (Å²) in [5.41, 5.74) is 1.28. The van der Waals surface area contributed by atoms with Gasteiger partial charge in [0.15, 0.2) is 0 Å². The number of halogens is 1. The summed E-state index contributed by atoms with van der Waals surface area (Å²) in [4.78, 5) is 2.46. The van der Waals surface area contributed by atoms with Gasteiger partial charge in [-0.15, -0.1) is 0 Å². The van der Waals surface area contributed by atoms with Crippen LogP contribution in [0.5, 0.6) is 5.75 Å². The summed E-state index contributed by atoms with van der Waals surface area (Å²) >= 11 is 3.56. The lowest BCUT2D eigenvalue weighted by Gasteiger charge is -2.20. The molecule has 1 atom stereocenters. The summed E-state index contributed by atoms with van der Waals surface area (Å²) in [6.07, 6.45) is 1.27. The van der Waals surface area contributed by atoms with Crippen LogP contribution in [0, 0.1) is 5.92 Å². The molecule has 1 aliphatic heterocycles. The van der Waals surface area contributed by atoms with Crippen LogP contribution in [0.2, 0.25) is 0 Å². The molecule has 3 nitrogen and oxygen atoms in total. The van der Waals surface area contributed by atoms with Gasteiger partial charge in [-0.05, 0) is 53.0 Å². The largest absolute Gasteiger partial charge is 0.496 e. The zero-order chi connectivity index (χ0) is 13.8. The fourth-order valence-electron chi connectivity index (χ4n) is 2.49. The number of nitrogens with zero attached hydrogens (tertiary/aromatic N) is 1. The van der Waals surface area contributed by atoms with Crippen LogP contribution in [-0.4, -0.2) is 32.8 Å². The zero-order valence-electron chi connectivity index (χ0n) is 11.9. The second-order valence-electron chi connectivity index (χ2n) is 5.48. The lowest BCUT2D eigenvalue weighted by molar-refractivity contribution is 0.412. The highest BCUT2D eigenvalue weighted by Crippen LogP contribution is 2.31. The monoisotopic (exact) mass is 326 g/mol. The number of rotatable bonds is 5. The van der Waals surface area contributed by atoms with Crippen molar-refractivity contribution in [1.82, 2.24) is 5.32 Å². The quantitative estimate of drug-likeness (QED) is 0.898. The molecule has 0 aromatic heterocycles. The van der Waals surface area contributed by atoms with E-state index in [4.69, 9.17) is 4.74 Å². The molecule has 0 bridgehead atoms. The smallest absolute Gasteiger partial charge is 0.133 e. The minimum atomic E-state index is 0.573. The SMILES string of the molecule is COc1ccc(N2CCC(CNC(C)C)C2)cc1Br. The zero-order valence-corrected chi connectivity index (χ0v) is 13.5. The molecular weight excluding hydrogens is 304 g/mol. The standard InChI is InChI=1S/C15H23BrN2O/c1-11(2)17-9-12-6-7-18(10-12)13-4-5-15(19-3)14(16)8-13/h4-5,8,11-12,17H,6-7,9-10H2,1-3H3. The highest BCUT2D eigenvalue weighted by molar-refractivity contribution is 9.10. The van der Waals surface area contributed by atoms with Gasteiger partial charge in [0.25, 0.3) is 0 Å². The summed E-state index contributed by atoms with van der Waals surface area (Å²) in [5, 5.41) is 3.53. The van der Waals surface area contributed by atoms with Crippen molar-refractivity contribution in [2.45, 2.75) is 26.3 Å². The summed E-state index contributed by atoms with van der Waals surface area (Å²) in [7, 11) is 1.70. The molecule has 19 heavy (non-hydrogen) atoms. The Labute approximate surface area is 124 Å². The molecule has 4 heteroatoms. The Balaban J connectivity index is 1.95. The molecule has 1 unspecified atom stereocenters. The van der Waals surface area contributed by atoms with Crippen LogP contribution in [0.15, 0.2) is 22.7 Å². The van der Waals surface area contributed by atoms with E-state index in [0.717, 1.165) is 35.8 Å². The summed E-state index contributed by atoms with van der Waals surface area (Å²) in [6, 6.07) is 6.89. The molecule has 0 aliphatic carbocycles. The first kappa shape index (κ1) is 14.7. The van der Waals surface area contributed by atoms with E-state index in [1.54, 1.807) is 7.11 Å². The number of ether oxygens (including phenoxy) is 1. The van der Waals surface area contributed by atoms with Crippen molar-refractivity contribution in [3.8, 4) is 5.75 Å². The molecule has 1 aromatic rings. The Morgan fingerprint density at radius 2 is 2.26 bits per heavy atom. The average molecular weight is 327 g/mol. The average Bonchev–Trinajstić information content (AvgIpc) is 2.85. The molecule has 0 saturated carbocycles. The first-order valence-electron chi connectivity index (χ1n) is 6.92. The van der Waals surface area contributed by atoms with Crippen LogP contribution in [0.4, 0.5) is 5.69 Å². The molecule has 106 valence electrons. The van der Waals surface area contributed by atoms with E-state index >= 15 is 0 Å². The molecule has 1 N–H and O–H groups in total. The van der Waals surface area contributed by atoms with E-state index < -0.39 is 0 Å². The Morgan fingerprint density at radius 1 is 1.47 bits per heavy atom. The Morgan fingerprint density at radius 3 is 2.89 bits per heavy atom. The maximum Gasteiger partial charge on any atom is 0.133 e. The van der Waals surface area contributed by atoms with Crippen molar-refractivity contribution in [3.63, 3.8) is 0 Å². The van der Waals surface area contributed by atoms with E-state index in [-0.39, 0.29) is 0 Å². The van der Waals surface area contributed by atoms with Gasteiger partial charge in [0.1, 0.15) is 5.75 Å². The first-order chi connectivity index (χ1) is 9.10. The van der Waals surface area contributed by atoms with Crippen molar-refractivity contribution in [3.05, 3.63) is 22.7 Å². The highest BCUT2D eigenvalue weighted by atomic mass is 79.9. The van der Waals surface area contributed by atoms with E-state index in [9.17, 15) is 0 Å². The molecule has 2 rings (SSSR count). The highest BCUT2D eigenvalue weighted by Gasteiger charge is 2.23. The van der Waals surface area contributed by atoms with Crippen LogP contribution in [-0.2, 0) is 0 Å². The fourth-order valence-corrected chi connectivity index (χ4v) is 3.02. The van der Waals surface area contributed by atoms with Crippen molar-refractivity contribution in [2.75, 3.05) is 31.6 Å². The van der Waals surface area contributed by atoms with Gasteiger partial charge in [-0.3, -0.25) is 0 Å². The fraction of sp³-hybridized carbons (Fsp3) is 0.600. The van der Waals surface area contributed by atoms with Gasteiger partial charge in [-0.2, -0.15) is 0 Å². The summed E-state index contributed by atoms with van der Waals surface area (Å²) < 4.78 is 6.30. The number of benzene rings is 1. The van der Waals surface area contributed by atoms with E-state index in [0.29, 0.717) is 6.04 Å². The molecule has 1 aromatic carbocycles. The van der Waals surface area contributed by atoms with Crippen molar-refractivity contribution in [2.24, 2.45) is 5.92 Å². The molecular formula is C15H23BrN2O. The van der Waals surface area contributed by atoms with Crippen LogP contribution in [0.1, 0.15) is 20.3 Å². The van der Waals surface area contributed by atoms with Crippen LogP contribution >= 0.6 is 15.9 Å².